The summed E-state index contributed by atoms with van der Waals surface area (Å²) in [6.07, 6.45) is 1.94. The summed E-state index contributed by atoms with van der Waals surface area (Å²) < 4.78 is 0. The summed E-state index contributed by atoms with van der Waals surface area (Å²) in [4.78, 5) is 2.04. The van der Waals surface area contributed by atoms with Crippen molar-refractivity contribution in [2.45, 2.75) is 6.92 Å². The molecule has 0 unspecified atom stereocenters. The fraction of sp³-hybridized carbons (Fsp3) is 0.231. The molecule has 0 aliphatic heterocycles. The highest BCUT2D eigenvalue weighted by Crippen LogP contribution is 2.22. The van der Waals surface area contributed by atoms with Gasteiger partial charge in [0.05, 0.1) is 5.69 Å². The second-order valence-electron chi connectivity index (χ2n) is 3.59. The number of anilines is 1. The molecule has 0 amide bonds. The third-order valence-electron chi connectivity index (χ3n) is 1.98. The molecule has 0 heterocycles. The van der Waals surface area contributed by atoms with E-state index in [1.807, 2.05) is 61.7 Å². The van der Waals surface area contributed by atoms with Crippen molar-refractivity contribution in [3.05, 3.63) is 47.4 Å². The summed E-state index contributed by atoms with van der Waals surface area (Å²) in [5.74, 6) is 0. The molecule has 0 radical (unpaired) electrons. The number of nitrogens with zero attached hydrogens (tertiary/aromatic N) is 3. The van der Waals surface area contributed by atoms with E-state index in [-0.39, 0.29) is 0 Å². The molecule has 90 valence electrons. The third-order valence-corrected chi connectivity index (χ3v) is 2.75. The van der Waals surface area contributed by atoms with Gasteiger partial charge in [0.15, 0.2) is 0 Å². The second-order valence-corrected chi connectivity index (χ2v) is 4.57. The van der Waals surface area contributed by atoms with Gasteiger partial charge in [0.25, 0.3) is 0 Å². The van der Waals surface area contributed by atoms with Gasteiger partial charge in [0.1, 0.15) is 5.03 Å². The van der Waals surface area contributed by atoms with E-state index in [0.29, 0.717) is 5.03 Å². The molecular weight excluding hydrogens is 230 g/mol. The van der Waals surface area contributed by atoms with Crippen LogP contribution in [0.15, 0.2) is 57.6 Å². The zero-order valence-electron chi connectivity index (χ0n) is 10.4. The van der Waals surface area contributed by atoms with Crippen LogP contribution in [0.2, 0.25) is 0 Å². The van der Waals surface area contributed by atoms with Gasteiger partial charge < -0.3 is 4.90 Å². The van der Waals surface area contributed by atoms with E-state index >= 15 is 0 Å². The minimum absolute atomic E-state index is 0.680. The number of azo groups is 1. The summed E-state index contributed by atoms with van der Waals surface area (Å²) in [6.45, 7) is 5.75. The Labute approximate surface area is 107 Å². The van der Waals surface area contributed by atoms with Gasteiger partial charge in [-0.15, -0.1) is 5.11 Å². The second kappa shape index (κ2) is 6.91. The van der Waals surface area contributed by atoms with Gasteiger partial charge in [0, 0.05) is 19.8 Å². The molecule has 0 aliphatic carbocycles. The van der Waals surface area contributed by atoms with Gasteiger partial charge in [-0.3, -0.25) is 0 Å². The Balaban J connectivity index is 2.62. The maximum absolute atomic E-state index is 4.11. The van der Waals surface area contributed by atoms with Crippen LogP contribution in [-0.4, -0.2) is 14.1 Å². The van der Waals surface area contributed by atoms with Gasteiger partial charge in [0.2, 0.25) is 0 Å². The van der Waals surface area contributed by atoms with E-state index in [2.05, 4.69) is 16.8 Å². The van der Waals surface area contributed by atoms with Crippen molar-refractivity contribution in [2.24, 2.45) is 10.2 Å². The molecular formula is C13H17N3S. The molecule has 0 N–H and O–H groups in total. The fourth-order valence-corrected chi connectivity index (χ4v) is 1.48. The average molecular weight is 247 g/mol. The van der Waals surface area contributed by atoms with Crippen molar-refractivity contribution in [3.8, 4) is 0 Å². The van der Waals surface area contributed by atoms with Crippen molar-refractivity contribution in [1.82, 2.24) is 0 Å². The van der Waals surface area contributed by atoms with Crippen molar-refractivity contribution in [1.29, 1.82) is 0 Å². The Morgan fingerprint density at radius 3 is 2.47 bits per heavy atom. The number of hydrogen-bond donors (Lipinski definition) is 0. The lowest BCUT2D eigenvalue weighted by Gasteiger charge is -2.11. The molecule has 1 rings (SSSR count). The first kappa shape index (κ1) is 13.5. The van der Waals surface area contributed by atoms with E-state index in [1.165, 1.54) is 11.8 Å². The van der Waals surface area contributed by atoms with E-state index in [4.69, 9.17) is 0 Å². The van der Waals surface area contributed by atoms with Gasteiger partial charge in [-0.05, 0) is 36.6 Å². The average Bonchev–Trinajstić information content (AvgIpc) is 2.34. The van der Waals surface area contributed by atoms with Crippen LogP contribution in [0.5, 0.6) is 0 Å². The van der Waals surface area contributed by atoms with Crippen LogP contribution < -0.4 is 4.90 Å². The Kier molecular flexibility index (Phi) is 5.49. The van der Waals surface area contributed by atoms with Crippen LogP contribution in [0.4, 0.5) is 11.4 Å². The maximum Gasteiger partial charge on any atom is 0.116 e. The normalized spacial score (nSPS) is 11.2. The Bertz CT molecular complexity index is 419. The van der Waals surface area contributed by atoms with Crippen molar-refractivity contribution >= 4 is 23.1 Å². The lowest BCUT2D eigenvalue weighted by molar-refractivity contribution is 1.13. The van der Waals surface area contributed by atoms with Gasteiger partial charge in [-0.2, -0.15) is 5.11 Å². The van der Waals surface area contributed by atoms with Crippen molar-refractivity contribution in [2.75, 3.05) is 19.0 Å². The summed E-state index contributed by atoms with van der Waals surface area (Å²) in [5, 5.41) is 10.8. The first-order valence-electron chi connectivity index (χ1n) is 5.29. The molecule has 0 aromatic heterocycles. The number of allylic oxidation sites excluding steroid dienone is 1. The fourth-order valence-electron chi connectivity index (χ4n) is 1.10. The molecule has 3 nitrogen and oxygen atoms in total. The Morgan fingerprint density at radius 2 is 1.94 bits per heavy atom. The summed E-state index contributed by atoms with van der Waals surface area (Å²) in [7, 11) is 4.01. The SMILES string of the molecule is C=C(N=Nc1ccc(N(C)C)cc1)S/C=C\C. The standard InChI is InChI=1S/C13H17N3S/c1-5-10-17-11(2)14-15-12-6-8-13(9-7-12)16(3)4/h5-10H,2H2,1,3-4H3/b10-5-,15-14?. The van der Waals surface area contributed by atoms with Crippen LogP contribution in [0, 0.1) is 0 Å². The largest absolute Gasteiger partial charge is 0.378 e. The van der Waals surface area contributed by atoms with Crippen molar-refractivity contribution in [3.63, 3.8) is 0 Å². The first-order valence-corrected chi connectivity index (χ1v) is 6.17. The quantitative estimate of drug-likeness (QED) is 0.713. The number of hydrogen-bond acceptors (Lipinski definition) is 4. The van der Waals surface area contributed by atoms with E-state index in [9.17, 15) is 0 Å². The van der Waals surface area contributed by atoms with Crippen LogP contribution >= 0.6 is 11.8 Å². The molecule has 0 saturated carbocycles. The zero-order chi connectivity index (χ0) is 12.7. The van der Waals surface area contributed by atoms with Crippen LogP contribution in [0.25, 0.3) is 0 Å². The molecule has 4 heteroatoms. The summed E-state index contributed by atoms with van der Waals surface area (Å²) in [6, 6.07) is 7.89. The Hall–Kier alpha value is -1.55. The maximum atomic E-state index is 4.11. The third kappa shape index (κ3) is 4.87. The molecule has 1 aromatic rings. The highest BCUT2D eigenvalue weighted by Gasteiger charge is 1.95. The smallest absolute Gasteiger partial charge is 0.116 e. The van der Waals surface area contributed by atoms with Crippen molar-refractivity contribution < 1.29 is 0 Å². The number of benzene rings is 1. The molecule has 0 saturated heterocycles. The molecule has 0 atom stereocenters. The summed E-state index contributed by atoms with van der Waals surface area (Å²) in [5.41, 5.74) is 1.98. The van der Waals surface area contributed by atoms with Crippen LogP contribution in [-0.2, 0) is 0 Å². The summed E-state index contributed by atoms with van der Waals surface area (Å²) >= 11 is 1.46. The van der Waals surface area contributed by atoms with E-state index < -0.39 is 0 Å². The monoisotopic (exact) mass is 247 g/mol. The van der Waals surface area contributed by atoms with E-state index in [0.717, 1.165) is 11.4 Å². The molecule has 1 aromatic carbocycles. The minimum atomic E-state index is 0.680. The first-order chi connectivity index (χ1) is 8.13. The predicted molar refractivity (Wildman–Crippen MR) is 76.8 cm³/mol. The number of thioether (sulfide) groups is 1. The minimum Gasteiger partial charge on any atom is -0.378 e. The molecule has 0 bridgehead atoms. The lowest BCUT2D eigenvalue weighted by Crippen LogP contribution is -2.07. The topological polar surface area (TPSA) is 28.0 Å². The van der Waals surface area contributed by atoms with Gasteiger partial charge >= 0.3 is 0 Å². The molecule has 0 aliphatic rings. The van der Waals surface area contributed by atoms with Crippen LogP contribution in [0.1, 0.15) is 6.92 Å². The highest BCUT2D eigenvalue weighted by atomic mass is 32.2. The van der Waals surface area contributed by atoms with E-state index in [1.54, 1.807) is 0 Å². The lowest BCUT2D eigenvalue weighted by atomic mass is 10.3. The number of rotatable bonds is 5. The molecule has 0 spiro atoms. The van der Waals surface area contributed by atoms with Gasteiger partial charge in [-0.1, -0.05) is 24.4 Å². The van der Waals surface area contributed by atoms with Gasteiger partial charge in [-0.25, -0.2) is 0 Å². The zero-order valence-corrected chi connectivity index (χ0v) is 11.2. The molecule has 0 fully saturated rings. The van der Waals surface area contributed by atoms with Crippen LogP contribution in [0.3, 0.4) is 0 Å². The molecule has 17 heavy (non-hydrogen) atoms. The predicted octanol–water partition coefficient (Wildman–Crippen LogP) is 4.57. The Morgan fingerprint density at radius 1 is 1.29 bits per heavy atom. The highest BCUT2D eigenvalue weighted by molar-refractivity contribution is 8.05.